The number of carbonyl (C=O) groups is 2. The van der Waals surface area contributed by atoms with Crippen molar-refractivity contribution in [3.8, 4) is 11.5 Å². The van der Waals surface area contributed by atoms with Crippen LogP contribution in [0.25, 0.3) is 0 Å². The lowest BCUT2D eigenvalue weighted by Crippen LogP contribution is -2.17. The minimum Gasteiger partial charge on any atom is -0.497 e. The molecule has 0 radical (unpaired) electrons. The van der Waals surface area contributed by atoms with Crippen molar-refractivity contribution in [2.45, 2.75) is 0 Å². The highest BCUT2D eigenvalue weighted by molar-refractivity contribution is 5.95. The lowest BCUT2D eigenvalue weighted by atomic mass is 10.2. The van der Waals surface area contributed by atoms with Crippen molar-refractivity contribution in [2.24, 2.45) is 5.10 Å². The van der Waals surface area contributed by atoms with E-state index in [0.717, 1.165) is 0 Å². The standard InChI is InChI=1S/C22H17N3O6/c1-30-18-10-8-17(9-11-18)22(27)31-20-12-7-15(13-19(20)25(28)29)14-23-24-21(26)16-5-3-2-4-6-16/h2-14H,1H3,(H,24,26). The molecule has 9 heteroatoms. The summed E-state index contributed by atoms with van der Waals surface area (Å²) in [6.45, 7) is 0. The maximum atomic E-state index is 12.3. The molecule has 0 bridgehead atoms. The number of nitrogens with one attached hydrogen (secondary N) is 1. The summed E-state index contributed by atoms with van der Waals surface area (Å²) in [7, 11) is 1.49. The third-order valence-corrected chi connectivity index (χ3v) is 4.12. The van der Waals surface area contributed by atoms with E-state index in [4.69, 9.17) is 9.47 Å². The molecule has 0 fully saturated rings. The largest absolute Gasteiger partial charge is 0.497 e. The molecule has 3 aromatic rings. The van der Waals surface area contributed by atoms with Crippen molar-refractivity contribution in [1.82, 2.24) is 5.43 Å². The Bertz CT molecular complexity index is 1130. The Labute approximate surface area is 177 Å². The van der Waals surface area contributed by atoms with Gasteiger partial charge in [0.25, 0.3) is 5.91 Å². The molecular formula is C22H17N3O6. The van der Waals surface area contributed by atoms with Gasteiger partial charge in [-0.2, -0.15) is 5.10 Å². The number of nitrogens with zero attached hydrogens (tertiary/aromatic N) is 2. The van der Waals surface area contributed by atoms with Crippen LogP contribution >= 0.6 is 0 Å². The fourth-order valence-corrected chi connectivity index (χ4v) is 2.55. The Morgan fingerprint density at radius 2 is 1.71 bits per heavy atom. The first-order valence-corrected chi connectivity index (χ1v) is 9.01. The van der Waals surface area contributed by atoms with Gasteiger partial charge in [0.2, 0.25) is 5.75 Å². The Morgan fingerprint density at radius 3 is 2.35 bits per heavy atom. The molecule has 0 aromatic heterocycles. The van der Waals surface area contributed by atoms with Crippen LogP contribution in [0.3, 0.4) is 0 Å². The summed E-state index contributed by atoms with van der Waals surface area (Å²) in [5, 5.41) is 15.2. The summed E-state index contributed by atoms with van der Waals surface area (Å²) in [4.78, 5) is 35.0. The van der Waals surface area contributed by atoms with E-state index in [-0.39, 0.29) is 11.3 Å². The monoisotopic (exact) mass is 419 g/mol. The number of ether oxygens (including phenoxy) is 2. The molecule has 3 rings (SSSR count). The molecule has 0 aliphatic carbocycles. The maximum Gasteiger partial charge on any atom is 0.343 e. The van der Waals surface area contributed by atoms with E-state index in [1.165, 1.54) is 43.7 Å². The number of esters is 1. The van der Waals surface area contributed by atoms with Crippen LogP contribution in [0, 0.1) is 10.1 Å². The molecule has 9 nitrogen and oxygen atoms in total. The van der Waals surface area contributed by atoms with Crippen LogP contribution in [0.4, 0.5) is 5.69 Å². The first kappa shape index (κ1) is 21.2. The third kappa shape index (κ3) is 5.51. The van der Waals surface area contributed by atoms with Crippen molar-refractivity contribution >= 4 is 23.8 Å². The smallest absolute Gasteiger partial charge is 0.343 e. The maximum absolute atomic E-state index is 12.3. The highest BCUT2D eigenvalue weighted by atomic mass is 16.6. The normalized spacial score (nSPS) is 10.5. The Balaban J connectivity index is 1.72. The summed E-state index contributed by atoms with van der Waals surface area (Å²) in [6, 6.07) is 18.6. The molecule has 0 saturated carbocycles. The molecule has 1 N–H and O–H groups in total. The number of hydrogen-bond donors (Lipinski definition) is 1. The highest BCUT2D eigenvalue weighted by Gasteiger charge is 2.19. The predicted molar refractivity (Wildman–Crippen MR) is 113 cm³/mol. The van der Waals surface area contributed by atoms with Crippen molar-refractivity contribution in [1.29, 1.82) is 0 Å². The number of nitro benzene ring substituents is 1. The van der Waals surface area contributed by atoms with E-state index >= 15 is 0 Å². The Hall–Kier alpha value is -4.53. The molecule has 31 heavy (non-hydrogen) atoms. The van der Waals surface area contributed by atoms with Crippen LogP contribution < -0.4 is 14.9 Å². The van der Waals surface area contributed by atoms with Crippen LogP contribution in [0.5, 0.6) is 11.5 Å². The quantitative estimate of drug-likeness (QED) is 0.205. The topological polar surface area (TPSA) is 120 Å². The Morgan fingerprint density at radius 1 is 1.00 bits per heavy atom. The molecule has 0 heterocycles. The number of amides is 1. The van der Waals surface area contributed by atoms with Gasteiger partial charge >= 0.3 is 11.7 Å². The van der Waals surface area contributed by atoms with Crippen LogP contribution in [-0.2, 0) is 0 Å². The van der Waals surface area contributed by atoms with Crippen LogP contribution in [0.1, 0.15) is 26.3 Å². The fourth-order valence-electron chi connectivity index (χ4n) is 2.55. The van der Waals surface area contributed by atoms with Crippen LogP contribution in [-0.4, -0.2) is 30.1 Å². The van der Waals surface area contributed by atoms with E-state index < -0.39 is 22.5 Å². The summed E-state index contributed by atoms with van der Waals surface area (Å²) in [5.74, 6) is -0.819. The van der Waals surface area contributed by atoms with Gasteiger partial charge in [0, 0.05) is 17.2 Å². The van der Waals surface area contributed by atoms with Gasteiger partial charge < -0.3 is 9.47 Å². The Kier molecular flexibility index (Phi) is 6.69. The number of methoxy groups -OCH3 is 1. The number of benzene rings is 3. The lowest BCUT2D eigenvalue weighted by molar-refractivity contribution is -0.385. The van der Waals surface area contributed by atoms with E-state index in [0.29, 0.717) is 16.9 Å². The van der Waals surface area contributed by atoms with Gasteiger partial charge in [0.15, 0.2) is 0 Å². The number of hydrogen-bond acceptors (Lipinski definition) is 7. The van der Waals surface area contributed by atoms with E-state index in [1.807, 2.05) is 0 Å². The van der Waals surface area contributed by atoms with E-state index in [9.17, 15) is 19.7 Å². The zero-order valence-corrected chi connectivity index (χ0v) is 16.3. The van der Waals surface area contributed by atoms with Gasteiger partial charge in [0.05, 0.1) is 23.8 Å². The van der Waals surface area contributed by atoms with Gasteiger partial charge in [-0.15, -0.1) is 0 Å². The second-order valence-electron chi connectivity index (χ2n) is 6.17. The van der Waals surface area contributed by atoms with Gasteiger partial charge in [-0.05, 0) is 48.5 Å². The highest BCUT2D eigenvalue weighted by Crippen LogP contribution is 2.28. The molecule has 3 aromatic carbocycles. The molecule has 0 atom stereocenters. The first-order chi connectivity index (χ1) is 15.0. The lowest BCUT2D eigenvalue weighted by Gasteiger charge is -2.06. The van der Waals surface area contributed by atoms with E-state index in [2.05, 4.69) is 10.5 Å². The summed E-state index contributed by atoms with van der Waals surface area (Å²) < 4.78 is 10.2. The number of nitro groups is 1. The second-order valence-corrected chi connectivity index (χ2v) is 6.17. The summed E-state index contributed by atoms with van der Waals surface area (Å²) >= 11 is 0. The zero-order valence-electron chi connectivity index (χ0n) is 16.3. The van der Waals surface area contributed by atoms with Crippen LogP contribution in [0.15, 0.2) is 77.9 Å². The minimum atomic E-state index is -0.748. The first-order valence-electron chi connectivity index (χ1n) is 9.01. The summed E-state index contributed by atoms with van der Waals surface area (Å²) in [5.41, 5.74) is 2.89. The molecule has 0 unspecified atom stereocenters. The van der Waals surface area contributed by atoms with Crippen molar-refractivity contribution in [3.63, 3.8) is 0 Å². The van der Waals surface area contributed by atoms with Gasteiger partial charge in [-0.25, -0.2) is 10.2 Å². The molecule has 0 spiro atoms. The average Bonchev–Trinajstić information content (AvgIpc) is 2.80. The van der Waals surface area contributed by atoms with Crippen molar-refractivity contribution in [2.75, 3.05) is 7.11 Å². The average molecular weight is 419 g/mol. The van der Waals surface area contributed by atoms with Gasteiger partial charge in [-0.3, -0.25) is 14.9 Å². The third-order valence-electron chi connectivity index (χ3n) is 4.12. The van der Waals surface area contributed by atoms with E-state index in [1.54, 1.807) is 42.5 Å². The SMILES string of the molecule is COc1ccc(C(=O)Oc2ccc(C=NNC(=O)c3ccccc3)cc2[N+](=O)[O-])cc1. The second kappa shape index (κ2) is 9.79. The molecule has 0 aliphatic rings. The predicted octanol–water partition coefficient (Wildman–Crippen LogP) is 3.59. The zero-order chi connectivity index (χ0) is 22.2. The molecule has 0 aliphatic heterocycles. The van der Waals surface area contributed by atoms with Gasteiger partial charge in [-0.1, -0.05) is 18.2 Å². The van der Waals surface area contributed by atoms with Crippen molar-refractivity contribution in [3.05, 3.63) is 99.6 Å². The minimum absolute atomic E-state index is 0.212. The molecule has 0 saturated heterocycles. The van der Waals surface area contributed by atoms with Crippen molar-refractivity contribution < 1.29 is 24.0 Å². The summed E-state index contributed by atoms with van der Waals surface area (Å²) in [6.07, 6.45) is 1.25. The van der Waals surface area contributed by atoms with Gasteiger partial charge in [0.1, 0.15) is 5.75 Å². The molecule has 156 valence electrons. The molecular weight excluding hydrogens is 402 g/mol. The number of carbonyl (C=O) groups excluding carboxylic acids is 2. The molecule has 1 amide bonds. The number of rotatable bonds is 7. The fraction of sp³-hybridized carbons (Fsp3) is 0.0455. The number of hydrazone groups is 1. The van der Waals surface area contributed by atoms with Crippen LogP contribution in [0.2, 0.25) is 0 Å².